The lowest BCUT2D eigenvalue weighted by molar-refractivity contribution is 0.00700. The first-order chi connectivity index (χ1) is 11.9. The molecule has 0 aromatic carbocycles. The summed E-state index contributed by atoms with van der Waals surface area (Å²) in [4.78, 5) is 18.3. The predicted molar refractivity (Wildman–Crippen MR) is 98.8 cm³/mol. The second kappa shape index (κ2) is 9.08. The normalized spacial score (nSPS) is 19.1. The number of aliphatic imine (C=N–C) groups is 1. The van der Waals surface area contributed by atoms with E-state index in [4.69, 9.17) is 9.47 Å². The first-order valence-corrected chi connectivity index (χ1v) is 9.16. The second-order valence-electron chi connectivity index (χ2n) is 7.42. The van der Waals surface area contributed by atoms with E-state index in [1.54, 1.807) is 4.90 Å². The maximum atomic E-state index is 12.0. The number of guanidine groups is 1. The summed E-state index contributed by atoms with van der Waals surface area (Å²) >= 11 is 0. The number of amides is 1. The van der Waals surface area contributed by atoms with Crippen LogP contribution in [0.25, 0.3) is 0 Å². The van der Waals surface area contributed by atoms with Crippen LogP contribution in [0.15, 0.2) is 16.6 Å². The van der Waals surface area contributed by atoms with Crippen LogP contribution in [0.4, 0.5) is 4.79 Å². The van der Waals surface area contributed by atoms with Crippen LogP contribution in [-0.2, 0) is 9.47 Å². The molecule has 1 saturated heterocycles. The fourth-order valence-corrected chi connectivity index (χ4v) is 2.66. The van der Waals surface area contributed by atoms with E-state index in [1.807, 2.05) is 27.7 Å². The molecule has 0 bridgehead atoms. The summed E-state index contributed by atoms with van der Waals surface area (Å²) in [5.74, 6) is 0.809. The fourth-order valence-electron chi connectivity index (χ4n) is 2.66. The van der Waals surface area contributed by atoms with Crippen molar-refractivity contribution < 1.29 is 14.3 Å². The minimum atomic E-state index is -0.454. The highest BCUT2D eigenvalue weighted by molar-refractivity contribution is 5.80. The molecule has 1 fully saturated rings. The smallest absolute Gasteiger partial charge is 0.410 e. The van der Waals surface area contributed by atoms with Crippen LogP contribution >= 0.6 is 0 Å². The Morgan fingerprint density at radius 2 is 2.20 bits per heavy atom. The van der Waals surface area contributed by atoms with E-state index in [0.717, 1.165) is 45.1 Å². The third-order valence-corrected chi connectivity index (χ3v) is 3.98. The zero-order valence-corrected chi connectivity index (χ0v) is 15.9. The number of ether oxygens (including phenoxy) is 2. The number of hydrogen-bond donors (Lipinski definition) is 2. The maximum Gasteiger partial charge on any atom is 0.410 e. The summed E-state index contributed by atoms with van der Waals surface area (Å²) in [5.41, 5.74) is 0.968. The van der Waals surface area contributed by atoms with Crippen molar-refractivity contribution in [1.82, 2.24) is 15.5 Å². The Labute approximate surface area is 150 Å². The van der Waals surface area contributed by atoms with Gasteiger partial charge in [0.2, 0.25) is 0 Å². The number of carbonyl (C=O) groups excluding carboxylic acids is 1. The minimum absolute atomic E-state index is 0.215. The monoisotopic (exact) mass is 352 g/mol. The molecule has 0 aromatic rings. The van der Waals surface area contributed by atoms with Crippen molar-refractivity contribution in [2.45, 2.75) is 52.2 Å². The SMILES string of the molecule is CCNC(=NCCC1=CCOCC1)NC1CN(C(=O)OC(C)(C)C)C1. The van der Waals surface area contributed by atoms with Crippen LogP contribution in [0.1, 0.15) is 40.5 Å². The molecule has 0 atom stereocenters. The molecule has 0 unspecified atom stereocenters. The van der Waals surface area contributed by atoms with Gasteiger partial charge >= 0.3 is 6.09 Å². The molecule has 2 rings (SSSR count). The van der Waals surface area contributed by atoms with Gasteiger partial charge in [-0.1, -0.05) is 11.6 Å². The molecular weight excluding hydrogens is 320 g/mol. The average molecular weight is 352 g/mol. The molecule has 2 aliphatic heterocycles. The molecule has 7 heteroatoms. The van der Waals surface area contributed by atoms with E-state index in [-0.39, 0.29) is 12.1 Å². The van der Waals surface area contributed by atoms with Gasteiger partial charge < -0.3 is 25.0 Å². The molecule has 0 radical (unpaired) electrons. The summed E-state index contributed by atoms with van der Waals surface area (Å²) in [6.45, 7) is 12.1. The van der Waals surface area contributed by atoms with Crippen LogP contribution in [0.3, 0.4) is 0 Å². The van der Waals surface area contributed by atoms with Gasteiger partial charge in [0.05, 0.1) is 19.3 Å². The third-order valence-electron chi connectivity index (χ3n) is 3.98. The van der Waals surface area contributed by atoms with Gasteiger partial charge in [-0.05, 0) is 40.5 Å². The van der Waals surface area contributed by atoms with Gasteiger partial charge in [0, 0.05) is 26.2 Å². The van der Waals surface area contributed by atoms with E-state index < -0.39 is 5.60 Å². The Bertz CT molecular complexity index is 505. The largest absolute Gasteiger partial charge is 0.444 e. The Morgan fingerprint density at radius 1 is 1.44 bits per heavy atom. The zero-order chi connectivity index (χ0) is 18.3. The van der Waals surface area contributed by atoms with Crippen molar-refractivity contribution in [3.8, 4) is 0 Å². The van der Waals surface area contributed by atoms with Crippen molar-refractivity contribution in [3.05, 3.63) is 11.6 Å². The Hall–Kier alpha value is -1.76. The number of hydrogen-bond acceptors (Lipinski definition) is 4. The summed E-state index contributed by atoms with van der Waals surface area (Å²) in [5, 5.41) is 6.65. The number of rotatable bonds is 5. The van der Waals surface area contributed by atoms with Gasteiger partial charge in [-0.2, -0.15) is 0 Å². The Morgan fingerprint density at radius 3 is 2.80 bits per heavy atom. The van der Waals surface area contributed by atoms with Crippen molar-refractivity contribution in [2.24, 2.45) is 4.99 Å². The molecule has 2 N–H and O–H groups in total. The summed E-state index contributed by atoms with van der Waals surface area (Å²) in [6, 6.07) is 0.215. The second-order valence-corrected chi connectivity index (χ2v) is 7.42. The van der Waals surface area contributed by atoms with Crippen LogP contribution in [0.2, 0.25) is 0 Å². The molecule has 7 nitrogen and oxygen atoms in total. The first-order valence-electron chi connectivity index (χ1n) is 9.16. The van der Waals surface area contributed by atoms with E-state index in [1.165, 1.54) is 5.57 Å². The standard InChI is InChI=1S/C18H32N4O3/c1-5-19-16(20-9-6-14-7-10-24-11-8-14)21-15-12-22(13-15)17(23)25-18(2,3)4/h7,15H,5-6,8-13H2,1-4H3,(H2,19,20,21). The van der Waals surface area contributed by atoms with Gasteiger partial charge in [-0.3, -0.25) is 4.99 Å². The van der Waals surface area contributed by atoms with Gasteiger partial charge in [-0.25, -0.2) is 4.79 Å². The molecule has 25 heavy (non-hydrogen) atoms. The van der Waals surface area contributed by atoms with Gasteiger partial charge in [0.1, 0.15) is 5.60 Å². The number of carbonyl (C=O) groups is 1. The molecule has 0 saturated carbocycles. The van der Waals surface area contributed by atoms with E-state index in [9.17, 15) is 4.79 Å². The third kappa shape index (κ3) is 6.94. The molecule has 0 aromatic heterocycles. The molecule has 0 aliphatic carbocycles. The summed E-state index contributed by atoms with van der Waals surface area (Å²) in [6.07, 6.45) is 3.88. The van der Waals surface area contributed by atoms with Crippen LogP contribution in [0.5, 0.6) is 0 Å². The maximum absolute atomic E-state index is 12.0. The van der Waals surface area contributed by atoms with Gasteiger partial charge in [0.25, 0.3) is 0 Å². The molecule has 1 amide bonds. The topological polar surface area (TPSA) is 75.2 Å². The highest BCUT2D eigenvalue weighted by Crippen LogP contribution is 2.15. The Kier molecular flexibility index (Phi) is 7.11. The minimum Gasteiger partial charge on any atom is -0.444 e. The van der Waals surface area contributed by atoms with Crippen molar-refractivity contribution >= 4 is 12.1 Å². The predicted octanol–water partition coefficient (Wildman–Crippen LogP) is 1.90. The number of likely N-dealkylation sites (tertiary alicyclic amines) is 1. The van der Waals surface area contributed by atoms with Gasteiger partial charge in [-0.15, -0.1) is 0 Å². The van der Waals surface area contributed by atoms with E-state index >= 15 is 0 Å². The van der Waals surface area contributed by atoms with Gasteiger partial charge in [0.15, 0.2) is 5.96 Å². The highest BCUT2D eigenvalue weighted by atomic mass is 16.6. The van der Waals surface area contributed by atoms with Crippen molar-refractivity contribution in [1.29, 1.82) is 0 Å². The molecule has 2 heterocycles. The fraction of sp³-hybridized carbons (Fsp3) is 0.778. The lowest BCUT2D eigenvalue weighted by Crippen LogP contribution is -2.63. The molecule has 0 spiro atoms. The average Bonchev–Trinajstić information content (AvgIpc) is 2.49. The quantitative estimate of drug-likeness (QED) is 0.449. The Balaban J connectivity index is 1.73. The highest BCUT2D eigenvalue weighted by Gasteiger charge is 2.34. The lowest BCUT2D eigenvalue weighted by atomic mass is 10.1. The van der Waals surface area contributed by atoms with Crippen molar-refractivity contribution in [2.75, 3.05) is 39.4 Å². The molecular formula is C18H32N4O3. The molecule has 2 aliphatic rings. The summed E-state index contributed by atoms with van der Waals surface area (Å²) in [7, 11) is 0. The summed E-state index contributed by atoms with van der Waals surface area (Å²) < 4.78 is 10.7. The van der Waals surface area contributed by atoms with Crippen molar-refractivity contribution in [3.63, 3.8) is 0 Å². The zero-order valence-electron chi connectivity index (χ0n) is 15.9. The van der Waals surface area contributed by atoms with Crippen LogP contribution in [0, 0.1) is 0 Å². The van der Waals surface area contributed by atoms with Crippen LogP contribution < -0.4 is 10.6 Å². The lowest BCUT2D eigenvalue weighted by Gasteiger charge is -2.40. The molecule has 142 valence electrons. The number of nitrogens with zero attached hydrogens (tertiary/aromatic N) is 2. The van der Waals surface area contributed by atoms with Crippen LogP contribution in [-0.4, -0.2) is 68.0 Å². The first kappa shape index (κ1) is 19.6. The van der Waals surface area contributed by atoms with E-state index in [2.05, 4.69) is 21.7 Å². The van der Waals surface area contributed by atoms with E-state index in [0.29, 0.717) is 13.1 Å². The number of nitrogens with one attached hydrogen (secondary N) is 2.